The minimum absolute atomic E-state index is 0.616. The predicted molar refractivity (Wildman–Crippen MR) is 160 cm³/mol. The van der Waals surface area contributed by atoms with Gasteiger partial charge in [-0.15, -0.1) is 0 Å². The lowest BCUT2D eigenvalue weighted by molar-refractivity contribution is 1.08. The zero-order valence-electron chi connectivity index (χ0n) is 20.6. The van der Waals surface area contributed by atoms with Crippen LogP contribution in [-0.4, -0.2) is 5.90 Å². The SMILES string of the molecule is Cc1ccc(CN=P(CP(c2ccccc2)c2ccccc2)(c2ccccc2)c2ccccc2)cc1. The second-order valence-corrected chi connectivity index (χ2v) is 14.8. The van der Waals surface area contributed by atoms with Gasteiger partial charge in [0.2, 0.25) is 0 Å². The van der Waals surface area contributed by atoms with Gasteiger partial charge in [-0.3, -0.25) is 4.74 Å². The Kier molecular flexibility index (Phi) is 7.92. The maximum atomic E-state index is 5.71. The second-order valence-electron chi connectivity index (χ2n) is 8.97. The first-order valence-corrected chi connectivity index (χ1v) is 15.8. The Balaban J connectivity index is 1.72. The highest BCUT2D eigenvalue weighted by Gasteiger charge is 2.30. The van der Waals surface area contributed by atoms with Crippen molar-refractivity contribution in [1.29, 1.82) is 0 Å². The van der Waals surface area contributed by atoms with Crippen LogP contribution in [0.4, 0.5) is 0 Å². The van der Waals surface area contributed by atoms with Crippen molar-refractivity contribution in [2.24, 2.45) is 4.74 Å². The van der Waals surface area contributed by atoms with E-state index in [0.29, 0.717) is 6.54 Å². The highest BCUT2D eigenvalue weighted by atomic mass is 31.2. The van der Waals surface area contributed by atoms with Crippen LogP contribution in [0.2, 0.25) is 0 Å². The number of aryl methyl sites for hydroxylation is 1. The molecule has 0 aliphatic rings. The molecular formula is C33H31NP2. The topological polar surface area (TPSA) is 12.4 Å². The number of benzene rings is 5. The van der Waals surface area contributed by atoms with Crippen LogP contribution in [-0.2, 0) is 6.54 Å². The van der Waals surface area contributed by atoms with Crippen molar-refractivity contribution in [2.75, 3.05) is 5.90 Å². The molecule has 5 aromatic carbocycles. The van der Waals surface area contributed by atoms with Gasteiger partial charge in [-0.2, -0.15) is 0 Å². The van der Waals surface area contributed by atoms with E-state index in [-0.39, 0.29) is 0 Å². The van der Waals surface area contributed by atoms with Gasteiger partial charge in [0, 0.05) is 13.0 Å². The van der Waals surface area contributed by atoms with E-state index in [9.17, 15) is 0 Å². The van der Waals surface area contributed by atoms with Crippen molar-refractivity contribution >= 4 is 36.2 Å². The van der Waals surface area contributed by atoms with E-state index in [1.807, 2.05) is 0 Å². The smallest absolute Gasteiger partial charge is 0.0632 e. The molecule has 0 unspecified atom stereocenters. The molecule has 0 amide bonds. The predicted octanol–water partition coefficient (Wildman–Crippen LogP) is 7.44. The largest absolute Gasteiger partial charge is 0.289 e. The molecule has 0 bridgehead atoms. The van der Waals surface area contributed by atoms with Gasteiger partial charge in [0.05, 0.1) is 6.54 Å². The number of hydrogen-bond donors (Lipinski definition) is 0. The summed E-state index contributed by atoms with van der Waals surface area (Å²) in [7, 11) is -2.73. The van der Waals surface area contributed by atoms with E-state index in [1.54, 1.807) is 0 Å². The lowest BCUT2D eigenvalue weighted by Gasteiger charge is -2.31. The summed E-state index contributed by atoms with van der Waals surface area (Å²) >= 11 is 0. The lowest BCUT2D eigenvalue weighted by atomic mass is 10.2. The first kappa shape index (κ1) is 24.5. The minimum atomic E-state index is -2.11. The number of rotatable bonds is 8. The van der Waals surface area contributed by atoms with E-state index < -0.39 is 15.0 Å². The normalized spacial score (nSPS) is 11.4. The van der Waals surface area contributed by atoms with Gasteiger partial charge in [0.25, 0.3) is 0 Å². The van der Waals surface area contributed by atoms with Crippen LogP contribution in [0.1, 0.15) is 11.1 Å². The Morgan fingerprint density at radius 3 is 1.39 bits per heavy atom. The van der Waals surface area contributed by atoms with Crippen molar-refractivity contribution in [2.45, 2.75) is 13.5 Å². The van der Waals surface area contributed by atoms with Gasteiger partial charge in [-0.25, -0.2) is 0 Å². The quantitative estimate of drug-likeness (QED) is 0.195. The molecule has 5 rings (SSSR count). The molecular weight excluding hydrogens is 472 g/mol. The molecule has 0 spiro atoms. The molecule has 0 saturated heterocycles. The fourth-order valence-corrected chi connectivity index (χ4v) is 12.8. The molecule has 3 heteroatoms. The third-order valence-corrected chi connectivity index (χ3v) is 14.0. The van der Waals surface area contributed by atoms with Crippen LogP contribution in [0, 0.1) is 6.92 Å². The first-order chi connectivity index (χ1) is 17.7. The summed E-state index contributed by atoms with van der Waals surface area (Å²) < 4.78 is 5.71. The summed E-state index contributed by atoms with van der Waals surface area (Å²) in [6.45, 7) is 2.85. The van der Waals surface area contributed by atoms with Gasteiger partial charge in [-0.1, -0.05) is 151 Å². The molecule has 0 aliphatic heterocycles. The van der Waals surface area contributed by atoms with Crippen LogP contribution in [0.3, 0.4) is 0 Å². The average Bonchev–Trinajstić information content (AvgIpc) is 2.96. The molecule has 0 aliphatic carbocycles. The molecule has 0 saturated carbocycles. The summed E-state index contributed by atoms with van der Waals surface area (Å²) in [5, 5.41) is 5.51. The second kappa shape index (κ2) is 11.7. The Morgan fingerprint density at radius 1 is 0.528 bits per heavy atom. The summed E-state index contributed by atoms with van der Waals surface area (Å²) in [6, 6.07) is 53.0. The van der Waals surface area contributed by atoms with Gasteiger partial charge in [0.15, 0.2) is 0 Å². The molecule has 0 heterocycles. The number of hydrogen-bond acceptors (Lipinski definition) is 1. The molecule has 36 heavy (non-hydrogen) atoms. The first-order valence-electron chi connectivity index (χ1n) is 12.4. The van der Waals surface area contributed by atoms with E-state index in [0.717, 1.165) is 5.90 Å². The van der Waals surface area contributed by atoms with Crippen molar-refractivity contribution < 1.29 is 0 Å². The summed E-state index contributed by atoms with van der Waals surface area (Å²) in [5.41, 5.74) is 2.54. The van der Waals surface area contributed by atoms with Crippen LogP contribution >= 0.6 is 15.0 Å². The lowest BCUT2D eigenvalue weighted by Crippen LogP contribution is -2.23. The van der Waals surface area contributed by atoms with E-state index in [1.165, 1.54) is 32.3 Å². The van der Waals surface area contributed by atoms with E-state index in [4.69, 9.17) is 4.74 Å². The fraction of sp³-hybridized carbons (Fsp3) is 0.0909. The van der Waals surface area contributed by atoms with Gasteiger partial charge >= 0.3 is 0 Å². The van der Waals surface area contributed by atoms with Crippen LogP contribution in [0.5, 0.6) is 0 Å². The highest BCUT2D eigenvalue weighted by molar-refractivity contribution is 7.92. The summed E-state index contributed by atoms with van der Waals surface area (Å²) in [4.78, 5) is 0. The molecule has 5 aromatic rings. The molecule has 0 N–H and O–H groups in total. The van der Waals surface area contributed by atoms with Gasteiger partial charge in [-0.05, 0) is 41.6 Å². The van der Waals surface area contributed by atoms with Crippen molar-refractivity contribution in [3.8, 4) is 0 Å². The molecule has 0 aromatic heterocycles. The van der Waals surface area contributed by atoms with E-state index in [2.05, 4.69) is 153 Å². The number of nitrogens with zero attached hydrogens (tertiary/aromatic N) is 1. The third kappa shape index (κ3) is 5.60. The maximum absolute atomic E-state index is 5.71. The Bertz CT molecular complexity index is 1330. The molecule has 0 atom stereocenters. The third-order valence-electron chi connectivity index (χ3n) is 6.46. The Labute approximate surface area is 216 Å². The van der Waals surface area contributed by atoms with Crippen molar-refractivity contribution in [3.63, 3.8) is 0 Å². The Morgan fingerprint density at radius 2 is 0.944 bits per heavy atom. The summed E-state index contributed by atoms with van der Waals surface area (Å²) in [5.74, 6) is 1.01. The summed E-state index contributed by atoms with van der Waals surface area (Å²) in [6.07, 6.45) is 0. The minimum Gasteiger partial charge on any atom is -0.289 e. The van der Waals surface area contributed by atoms with Crippen LogP contribution in [0.25, 0.3) is 0 Å². The zero-order valence-corrected chi connectivity index (χ0v) is 22.4. The fourth-order valence-electron chi connectivity index (χ4n) is 4.50. The monoisotopic (exact) mass is 503 g/mol. The van der Waals surface area contributed by atoms with Crippen LogP contribution in [0.15, 0.2) is 150 Å². The highest BCUT2D eigenvalue weighted by Crippen LogP contribution is 2.57. The van der Waals surface area contributed by atoms with Gasteiger partial charge in [0.1, 0.15) is 0 Å². The van der Waals surface area contributed by atoms with Crippen LogP contribution < -0.4 is 21.2 Å². The molecule has 0 radical (unpaired) electrons. The average molecular weight is 504 g/mol. The van der Waals surface area contributed by atoms with Crippen molar-refractivity contribution in [1.82, 2.24) is 0 Å². The van der Waals surface area contributed by atoms with Crippen molar-refractivity contribution in [3.05, 3.63) is 157 Å². The van der Waals surface area contributed by atoms with E-state index >= 15 is 0 Å². The Hall–Kier alpha value is -3.24. The standard InChI is InChI=1S/C33H31NP2/c1-28-22-24-29(25-23-28)26-34-36(32-18-10-4-11-19-32,33-20-12-5-13-21-33)27-35(30-14-6-2-7-15-30)31-16-8-3-9-17-31/h2-25H,26-27H2,1H3. The zero-order chi connectivity index (χ0) is 24.6. The van der Waals surface area contributed by atoms with Gasteiger partial charge < -0.3 is 0 Å². The molecule has 178 valence electrons. The maximum Gasteiger partial charge on any atom is 0.0632 e. The molecule has 0 fully saturated rings. The molecule has 1 nitrogen and oxygen atoms in total.